The van der Waals surface area contributed by atoms with Crippen molar-refractivity contribution in [2.75, 3.05) is 4.90 Å². The molecule has 0 amide bonds. The molecular formula is C61H51NS. The van der Waals surface area contributed by atoms with E-state index < -0.39 is 0 Å². The highest BCUT2D eigenvalue weighted by Gasteiger charge is 2.45. The lowest BCUT2D eigenvalue weighted by Gasteiger charge is -2.31. The number of thiophene rings is 1. The molecule has 0 bridgehead atoms. The van der Waals surface area contributed by atoms with Gasteiger partial charge in [-0.3, -0.25) is 0 Å². The molecule has 0 saturated heterocycles. The highest BCUT2D eigenvalue weighted by Crippen LogP contribution is 2.57. The van der Waals surface area contributed by atoms with E-state index in [0.29, 0.717) is 11.8 Å². The van der Waals surface area contributed by atoms with Crippen LogP contribution in [0, 0.1) is 5.92 Å². The SMILES string of the molecule is CC1(C)c2ccccc2-c2cc(N(C3=Cc4sc5cc(-c6c7c(cc8ccccc68)C(C)(C)c6ccccc6-7)ccc5c4CC3)c3ccc4c(c3)C3C=CC=CC3C4(C)C)ccc21. The zero-order valence-electron chi connectivity index (χ0n) is 37.0. The van der Waals surface area contributed by atoms with Gasteiger partial charge in [0.15, 0.2) is 0 Å². The van der Waals surface area contributed by atoms with Crippen LogP contribution < -0.4 is 4.90 Å². The standard InChI is InChI=1S/C61H51NS/c1-59(2)49-20-12-9-17-42(49)47-33-38(25-29-52(47)59)62(39-26-30-53-48(34-39)43-18-10-13-21-50(43)60(53,3)4)40-24-28-45-44-27-23-37(32-55(44)63-56(45)35-40)57-41-16-8-7-15-36(41)31-54-58(57)46-19-11-14-22-51(46)61(54,5)6/h7-23,25-27,29-35,42,49H,24,28H2,1-6H3. The van der Waals surface area contributed by atoms with E-state index in [1.807, 2.05) is 11.3 Å². The van der Waals surface area contributed by atoms with Crippen LogP contribution in [-0.2, 0) is 22.7 Å². The summed E-state index contributed by atoms with van der Waals surface area (Å²) in [6.07, 6.45) is 13.9. The summed E-state index contributed by atoms with van der Waals surface area (Å²) in [5.41, 5.74) is 22.1. The summed E-state index contributed by atoms with van der Waals surface area (Å²) < 4.78 is 1.37. The molecule has 7 aromatic carbocycles. The van der Waals surface area contributed by atoms with Crippen molar-refractivity contribution in [2.24, 2.45) is 5.92 Å². The van der Waals surface area contributed by atoms with Gasteiger partial charge in [-0.2, -0.15) is 0 Å². The Labute approximate surface area is 375 Å². The summed E-state index contributed by atoms with van der Waals surface area (Å²) in [6.45, 7) is 14.4. The first-order chi connectivity index (χ1) is 30.5. The fraction of sp³-hybridized carbons (Fsp3) is 0.213. The smallest absolute Gasteiger partial charge is 0.0464 e. The number of benzene rings is 7. The molecule has 0 saturated carbocycles. The second-order valence-corrected chi connectivity index (χ2v) is 21.5. The first-order valence-corrected chi connectivity index (χ1v) is 23.8. The summed E-state index contributed by atoms with van der Waals surface area (Å²) in [4.78, 5) is 3.99. The number of hydrogen-bond donors (Lipinski definition) is 0. The number of fused-ring (bicyclic) bond motifs is 13. The molecular weight excluding hydrogens is 779 g/mol. The van der Waals surface area contributed by atoms with Gasteiger partial charge in [0.05, 0.1) is 0 Å². The molecule has 63 heavy (non-hydrogen) atoms. The molecule has 2 unspecified atom stereocenters. The zero-order valence-corrected chi connectivity index (χ0v) is 37.8. The molecule has 5 aliphatic carbocycles. The van der Waals surface area contributed by atoms with Gasteiger partial charge in [-0.05, 0) is 155 Å². The molecule has 0 radical (unpaired) electrons. The van der Waals surface area contributed by atoms with Crippen molar-refractivity contribution in [3.63, 3.8) is 0 Å². The Morgan fingerprint density at radius 2 is 1.22 bits per heavy atom. The maximum Gasteiger partial charge on any atom is 0.0464 e. The Morgan fingerprint density at radius 3 is 2.06 bits per heavy atom. The minimum absolute atomic E-state index is 0.0368. The molecule has 1 heterocycles. The molecule has 306 valence electrons. The van der Waals surface area contributed by atoms with Crippen LogP contribution in [-0.4, -0.2) is 0 Å². The van der Waals surface area contributed by atoms with Gasteiger partial charge in [-0.1, -0.05) is 163 Å². The Kier molecular flexibility index (Phi) is 7.66. The van der Waals surface area contributed by atoms with Gasteiger partial charge in [-0.25, -0.2) is 0 Å². The normalized spacial score (nSPS) is 19.8. The van der Waals surface area contributed by atoms with E-state index in [1.54, 1.807) is 0 Å². The Morgan fingerprint density at radius 1 is 0.540 bits per heavy atom. The molecule has 1 aromatic heterocycles. The van der Waals surface area contributed by atoms with E-state index in [9.17, 15) is 0 Å². The zero-order chi connectivity index (χ0) is 42.6. The Balaban J connectivity index is 0.973. The molecule has 2 heteroatoms. The van der Waals surface area contributed by atoms with Crippen molar-refractivity contribution in [2.45, 2.75) is 76.5 Å². The van der Waals surface area contributed by atoms with Gasteiger partial charge < -0.3 is 4.90 Å². The largest absolute Gasteiger partial charge is 0.314 e. The monoisotopic (exact) mass is 829 g/mol. The highest BCUT2D eigenvalue weighted by atomic mass is 32.1. The molecule has 0 N–H and O–H groups in total. The van der Waals surface area contributed by atoms with Crippen molar-refractivity contribution in [1.29, 1.82) is 0 Å². The second-order valence-electron chi connectivity index (χ2n) is 20.4. The summed E-state index contributed by atoms with van der Waals surface area (Å²) in [5.74, 6) is 0.858. The predicted molar refractivity (Wildman–Crippen MR) is 269 cm³/mol. The highest BCUT2D eigenvalue weighted by molar-refractivity contribution is 7.20. The van der Waals surface area contributed by atoms with Crippen LogP contribution in [0.1, 0.15) is 97.7 Å². The molecule has 2 atom stereocenters. The third-order valence-corrected chi connectivity index (χ3v) is 17.2. The first kappa shape index (κ1) is 37.3. The van der Waals surface area contributed by atoms with Crippen molar-refractivity contribution < 1.29 is 0 Å². The van der Waals surface area contributed by atoms with Gasteiger partial charge in [0.1, 0.15) is 0 Å². The number of hydrogen-bond acceptors (Lipinski definition) is 2. The van der Waals surface area contributed by atoms with E-state index in [-0.39, 0.29) is 16.2 Å². The van der Waals surface area contributed by atoms with Crippen molar-refractivity contribution in [1.82, 2.24) is 0 Å². The lowest BCUT2D eigenvalue weighted by Crippen LogP contribution is -2.24. The Bertz CT molecular complexity index is 3400. The van der Waals surface area contributed by atoms with Crippen LogP contribution in [0.15, 0.2) is 163 Å². The molecule has 8 aromatic rings. The van der Waals surface area contributed by atoms with Crippen LogP contribution in [0.2, 0.25) is 0 Å². The fourth-order valence-corrected chi connectivity index (χ4v) is 14.1. The maximum absolute atomic E-state index is 2.61. The number of rotatable bonds is 4. The Hall–Kier alpha value is -6.22. The molecule has 1 nitrogen and oxygen atoms in total. The molecule has 13 rings (SSSR count). The van der Waals surface area contributed by atoms with Crippen LogP contribution in [0.5, 0.6) is 0 Å². The van der Waals surface area contributed by atoms with E-state index in [1.165, 1.54) is 115 Å². The average molecular weight is 830 g/mol. The molecule has 0 fully saturated rings. The van der Waals surface area contributed by atoms with E-state index in [0.717, 1.165) is 12.8 Å². The molecule has 5 aliphatic rings. The van der Waals surface area contributed by atoms with Crippen LogP contribution >= 0.6 is 11.3 Å². The fourth-order valence-electron chi connectivity index (χ4n) is 12.8. The summed E-state index contributed by atoms with van der Waals surface area (Å²) in [6, 6.07) is 51.6. The van der Waals surface area contributed by atoms with Gasteiger partial charge in [-0.15, -0.1) is 11.3 Å². The van der Waals surface area contributed by atoms with E-state index in [4.69, 9.17) is 0 Å². The summed E-state index contributed by atoms with van der Waals surface area (Å²) >= 11 is 1.97. The van der Waals surface area contributed by atoms with Crippen LogP contribution in [0.4, 0.5) is 11.4 Å². The predicted octanol–water partition coefficient (Wildman–Crippen LogP) is 16.6. The number of nitrogens with zero attached hydrogens (tertiary/aromatic N) is 1. The second kappa shape index (κ2) is 12.9. The average Bonchev–Trinajstić information content (AvgIpc) is 3.93. The van der Waals surface area contributed by atoms with Gasteiger partial charge in [0.25, 0.3) is 0 Å². The maximum atomic E-state index is 2.61. The first-order valence-electron chi connectivity index (χ1n) is 23.0. The quantitative estimate of drug-likeness (QED) is 0.171. The summed E-state index contributed by atoms with van der Waals surface area (Å²) in [5, 5.41) is 4.04. The molecule has 0 spiro atoms. The summed E-state index contributed by atoms with van der Waals surface area (Å²) in [7, 11) is 0. The van der Waals surface area contributed by atoms with Crippen molar-refractivity contribution in [3.8, 4) is 33.4 Å². The van der Waals surface area contributed by atoms with Crippen LogP contribution in [0.25, 0.3) is 60.3 Å². The molecule has 0 aliphatic heterocycles. The minimum atomic E-state index is -0.0662. The number of allylic oxidation sites excluding steroid dienone is 5. The van der Waals surface area contributed by atoms with Gasteiger partial charge >= 0.3 is 0 Å². The lowest BCUT2D eigenvalue weighted by molar-refractivity contribution is 0.394. The third-order valence-electron chi connectivity index (χ3n) is 16.1. The topological polar surface area (TPSA) is 3.24 Å². The van der Waals surface area contributed by atoms with Gasteiger partial charge in [0, 0.05) is 43.4 Å². The van der Waals surface area contributed by atoms with Gasteiger partial charge in [0.2, 0.25) is 0 Å². The van der Waals surface area contributed by atoms with Crippen molar-refractivity contribution >= 4 is 49.6 Å². The number of anilines is 2. The van der Waals surface area contributed by atoms with E-state index in [2.05, 4.69) is 210 Å². The van der Waals surface area contributed by atoms with Crippen LogP contribution in [0.3, 0.4) is 0 Å². The van der Waals surface area contributed by atoms with Crippen molar-refractivity contribution in [3.05, 3.63) is 207 Å². The lowest BCUT2D eigenvalue weighted by atomic mass is 9.74. The minimum Gasteiger partial charge on any atom is -0.314 e. The van der Waals surface area contributed by atoms with E-state index >= 15 is 0 Å². The number of aryl methyl sites for hydroxylation is 1. The third kappa shape index (κ3) is 5.10.